The maximum absolute atomic E-state index is 3.37. The Morgan fingerprint density at radius 2 is 0.667 bits per heavy atom. The smallest absolute Gasteiger partial charge is 0.0474 e. The Morgan fingerprint density at radius 3 is 1.13 bits per heavy atom. The van der Waals surface area contributed by atoms with Crippen molar-refractivity contribution in [3.8, 4) is 0 Å². The highest BCUT2D eigenvalue weighted by Gasteiger charge is 1.91. The highest BCUT2D eigenvalue weighted by molar-refractivity contribution is 4.57. The van der Waals surface area contributed by atoms with Crippen LogP contribution in [0, 0.1) is 0 Å². The Hall–Kier alpha value is -0.240. The van der Waals surface area contributed by atoms with E-state index in [0.29, 0.717) is 0 Å². The van der Waals surface area contributed by atoms with Crippen LogP contribution in [-0.4, -0.2) is 59.3 Å². The summed E-state index contributed by atoms with van der Waals surface area (Å²) in [5.41, 5.74) is 0. The molecule has 0 aromatic carbocycles. The monoisotopic (exact) mass is 216 g/mol. The summed E-state index contributed by atoms with van der Waals surface area (Å²) in [5.74, 6) is 0. The van der Waals surface area contributed by atoms with E-state index in [1.54, 1.807) is 0 Å². The molecule has 0 amide bonds. The van der Waals surface area contributed by atoms with E-state index in [9.17, 15) is 0 Å². The van der Waals surface area contributed by atoms with Crippen molar-refractivity contribution in [3.63, 3.8) is 0 Å². The number of rotatable bonds is 0. The zero-order valence-corrected chi connectivity index (χ0v) is 9.36. The third-order valence-electron chi connectivity index (χ3n) is 2.19. The molecule has 1 heterocycles. The first-order valence-electron chi connectivity index (χ1n) is 5.74. The molecule has 6 heteroatoms. The van der Waals surface area contributed by atoms with Gasteiger partial charge in [0.25, 0.3) is 0 Å². The lowest BCUT2D eigenvalue weighted by atomic mass is 10.5. The van der Waals surface area contributed by atoms with Crippen molar-refractivity contribution in [3.05, 3.63) is 0 Å². The van der Waals surface area contributed by atoms with Gasteiger partial charge in [-0.3, -0.25) is 10.6 Å². The van der Waals surface area contributed by atoms with Crippen LogP contribution in [0.5, 0.6) is 0 Å². The second kappa shape index (κ2) is 10.3. The molecule has 6 N–H and O–H groups in total. The minimum Gasteiger partial charge on any atom is -0.314 e. The first kappa shape index (κ1) is 12.8. The Kier molecular flexibility index (Phi) is 8.79. The van der Waals surface area contributed by atoms with Gasteiger partial charge in [0.05, 0.1) is 0 Å². The maximum Gasteiger partial charge on any atom is 0.0474 e. The molecule has 0 saturated carbocycles. The van der Waals surface area contributed by atoms with Gasteiger partial charge in [0, 0.05) is 59.3 Å². The molecule has 0 atom stereocenters. The molecule has 0 bridgehead atoms. The van der Waals surface area contributed by atoms with Crippen molar-refractivity contribution >= 4 is 0 Å². The third kappa shape index (κ3) is 8.73. The molecular formula is C9H24N6. The minimum absolute atomic E-state index is 0.834. The lowest BCUT2D eigenvalue weighted by Crippen LogP contribution is -2.41. The Balaban J connectivity index is 2.01. The van der Waals surface area contributed by atoms with Gasteiger partial charge in [-0.1, -0.05) is 0 Å². The molecule has 1 saturated heterocycles. The van der Waals surface area contributed by atoms with E-state index < -0.39 is 0 Å². The molecule has 1 rings (SSSR count). The second-order valence-electron chi connectivity index (χ2n) is 3.53. The van der Waals surface area contributed by atoms with Crippen LogP contribution < -0.4 is 31.9 Å². The Bertz CT molecular complexity index is 73.2. The predicted octanol–water partition coefficient (Wildman–Crippen LogP) is -2.59. The number of hydrogen-bond acceptors (Lipinski definition) is 6. The topological polar surface area (TPSA) is 72.2 Å². The molecule has 15 heavy (non-hydrogen) atoms. The SMILES string of the molecule is C1CNCCNCNCNCNCCN1. The minimum atomic E-state index is 0.834. The van der Waals surface area contributed by atoms with Crippen molar-refractivity contribution in [2.45, 2.75) is 0 Å². The standard InChI is InChI=1S/C9H24N6/c1-2-11-4-6-13-8-15-9-14-7-12-5-3-10-1/h10-15H,1-9H2. The van der Waals surface area contributed by atoms with Gasteiger partial charge >= 0.3 is 0 Å². The molecule has 0 aromatic rings. The normalized spacial score (nSPS) is 24.0. The first-order chi connectivity index (χ1) is 7.50. The van der Waals surface area contributed by atoms with Crippen molar-refractivity contribution in [2.75, 3.05) is 59.3 Å². The van der Waals surface area contributed by atoms with Gasteiger partial charge in [-0.25, -0.2) is 0 Å². The van der Waals surface area contributed by atoms with E-state index in [1.807, 2.05) is 0 Å². The molecule has 0 aromatic heterocycles. The molecule has 6 nitrogen and oxygen atoms in total. The highest BCUT2D eigenvalue weighted by Crippen LogP contribution is 1.63. The van der Waals surface area contributed by atoms with Crippen molar-refractivity contribution in [1.82, 2.24) is 31.9 Å². The zero-order chi connectivity index (χ0) is 10.6. The summed E-state index contributed by atoms with van der Waals surface area (Å²) in [7, 11) is 0. The molecule has 1 aliphatic heterocycles. The molecule has 1 fully saturated rings. The second-order valence-corrected chi connectivity index (χ2v) is 3.53. The summed E-state index contributed by atoms with van der Waals surface area (Å²) in [4.78, 5) is 0. The van der Waals surface area contributed by atoms with Crippen LogP contribution in [-0.2, 0) is 0 Å². The molecule has 1 aliphatic rings. The van der Waals surface area contributed by atoms with E-state index in [2.05, 4.69) is 31.9 Å². The molecule has 0 spiro atoms. The van der Waals surface area contributed by atoms with Gasteiger partial charge in [-0.05, 0) is 0 Å². The summed E-state index contributed by atoms with van der Waals surface area (Å²) in [6.45, 7) is 8.67. The zero-order valence-electron chi connectivity index (χ0n) is 9.36. The fourth-order valence-electron chi connectivity index (χ4n) is 1.35. The van der Waals surface area contributed by atoms with Gasteiger partial charge in [0.2, 0.25) is 0 Å². The summed E-state index contributed by atoms with van der Waals surface area (Å²) < 4.78 is 0. The van der Waals surface area contributed by atoms with Crippen LogP contribution in [0.15, 0.2) is 0 Å². The van der Waals surface area contributed by atoms with Crippen LogP contribution in [0.3, 0.4) is 0 Å². The van der Waals surface area contributed by atoms with Crippen LogP contribution in [0.2, 0.25) is 0 Å². The van der Waals surface area contributed by atoms with Crippen molar-refractivity contribution < 1.29 is 0 Å². The maximum atomic E-state index is 3.37. The summed E-state index contributed by atoms with van der Waals surface area (Å²) in [6, 6.07) is 0. The molecule has 0 unspecified atom stereocenters. The average Bonchev–Trinajstić information content (AvgIpc) is 2.27. The lowest BCUT2D eigenvalue weighted by Gasteiger charge is -2.08. The van der Waals surface area contributed by atoms with Gasteiger partial charge in [0.15, 0.2) is 0 Å². The quantitative estimate of drug-likeness (QED) is 0.267. The van der Waals surface area contributed by atoms with Crippen LogP contribution in [0.1, 0.15) is 0 Å². The Morgan fingerprint density at radius 1 is 0.333 bits per heavy atom. The van der Waals surface area contributed by atoms with Crippen LogP contribution >= 0.6 is 0 Å². The number of hydrogen-bond donors (Lipinski definition) is 6. The van der Waals surface area contributed by atoms with E-state index >= 15 is 0 Å². The molecule has 0 radical (unpaired) electrons. The largest absolute Gasteiger partial charge is 0.314 e. The Labute approximate surface area is 92.0 Å². The summed E-state index contributed by atoms with van der Waals surface area (Å²) in [6.07, 6.45) is 0. The van der Waals surface area contributed by atoms with Gasteiger partial charge in [0.1, 0.15) is 0 Å². The van der Waals surface area contributed by atoms with E-state index in [0.717, 1.165) is 59.3 Å². The predicted molar refractivity (Wildman–Crippen MR) is 62.6 cm³/mol. The van der Waals surface area contributed by atoms with E-state index in [1.165, 1.54) is 0 Å². The van der Waals surface area contributed by atoms with E-state index in [4.69, 9.17) is 0 Å². The average molecular weight is 216 g/mol. The van der Waals surface area contributed by atoms with Crippen molar-refractivity contribution in [2.24, 2.45) is 0 Å². The van der Waals surface area contributed by atoms with Gasteiger partial charge in [-0.2, -0.15) is 0 Å². The summed E-state index contributed by atoms with van der Waals surface area (Å²) in [5, 5.41) is 19.8. The van der Waals surface area contributed by atoms with Crippen LogP contribution in [0.25, 0.3) is 0 Å². The third-order valence-corrected chi connectivity index (χ3v) is 2.19. The van der Waals surface area contributed by atoms with Gasteiger partial charge < -0.3 is 21.3 Å². The highest BCUT2D eigenvalue weighted by atomic mass is 15.2. The van der Waals surface area contributed by atoms with Gasteiger partial charge in [-0.15, -0.1) is 0 Å². The lowest BCUT2D eigenvalue weighted by molar-refractivity contribution is 0.506. The molecular weight excluding hydrogens is 192 g/mol. The van der Waals surface area contributed by atoms with Crippen LogP contribution in [0.4, 0.5) is 0 Å². The number of nitrogens with one attached hydrogen (secondary N) is 6. The van der Waals surface area contributed by atoms with E-state index in [-0.39, 0.29) is 0 Å². The molecule has 90 valence electrons. The molecule has 0 aliphatic carbocycles. The first-order valence-corrected chi connectivity index (χ1v) is 5.74. The fourth-order valence-corrected chi connectivity index (χ4v) is 1.35. The van der Waals surface area contributed by atoms with Crippen molar-refractivity contribution in [1.29, 1.82) is 0 Å². The summed E-state index contributed by atoms with van der Waals surface area (Å²) >= 11 is 0. The fraction of sp³-hybridized carbons (Fsp3) is 1.00.